The van der Waals surface area contributed by atoms with E-state index in [1.54, 1.807) is 32.0 Å². The van der Waals surface area contributed by atoms with Crippen molar-refractivity contribution in [1.82, 2.24) is 10.6 Å². The molecule has 0 aromatic heterocycles. The van der Waals surface area contributed by atoms with Gasteiger partial charge in [-0.1, -0.05) is 6.92 Å². The highest BCUT2D eigenvalue weighted by Crippen LogP contribution is 2.16. The van der Waals surface area contributed by atoms with Gasteiger partial charge in [0, 0.05) is 30.4 Å². The van der Waals surface area contributed by atoms with Crippen LogP contribution in [0.2, 0.25) is 0 Å². The lowest BCUT2D eigenvalue weighted by molar-refractivity contribution is -0.136. The quantitative estimate of drug-likeness (QED) is 0.652. The highest BCUT2D eigenvalue weighted by atomic mass is 16.5. The van der Waals surface area contributed by atoms with E-state index in [2.05, 4.69) is 16.0 Å². The average Bonchev–Trinajstić information content (AvgIpc) is 2.56. The van der Waals surface area contributed by atoms with Crippen LogP contribution in [0.4, 0.5) is 5.69 Å². The fraction of sp³-hybridized carbons (Fsp3) is 0.500. The minimum absolute atomic E-state index is 0.0879. The number of nitrogens with one attached hydrogen (secondary N) is 3. The van der Waals surface area contributed by atoms with Crippen molar-refractivity contribution in [2.24, 2.45) is 0 Å². The molecular formula is C18H27N3O4. The monoisotopic (exact) mass is 349 g/mol. The molecule has 0 saturated carbocycles. The number of anilines is 1. The molecule has 7 nitrogen and oxygen atoms in total. The van der Waals surface area contributed by atoms with Gasteiger partial charge in [0.2, 0.25) is 0 Å². The molecule has 0 saturated heterocycles. The Labute approximate surface area is 148 Å². The maximum absolute atomic E-state index is 12.1. The number of methoxy groups -OCH3 is 1. The third-order valence-corrected chi connectivity index (χ3v) is 3.73. The Bertz CT molecular complexity index is 631. The molecule has 0 heterocycles. The molecule has 0 aliphatic rings. The molecule has 1 aromatic rings. The molecule has 3 amide bonds. The van der Waals surface area contributed by atoms with E-state index in [9.17, 15) is 14.4 Å². The van der Waals surface area contributed by atoms with Crippen LogP contribution in [-0.4, -0.2) is 43.5 Å². The summed E-state index contributed by atoms with van der Waals surface area (Å²) in [5.41, 5.74) is 1.69. The van der Waals surface area contributed by atoms with Crippen LogP contribution in [0.25, 0.3) is 0 Å². The van der Waals surface area contributed by atoms with Crippen molar-refractivity contribution >= 4 is 23.4 Å². The smallest absolute Gasteiger partial charge is 0.313 e. The second kappa shape index (κ2) is 9.78. The Hall–Kier alpha value is -2.41. The van der Waals surface area contributed by atoms with Crippen LogP contribution < -0.4 is 16.0 Å². The molecule has 3 N–H and O–H groups in total. The van der Waals surface area contributed by atoms with E-state index >= 15 is 0 Å². The average molecular weight is 349 g/mol. The Morgan fingerprint density at radius 1 is 1.08 bits per heavy atom. The Kier molecular flexibility index (Phi) is 8.07. The van der Waals surface area contributed by atoms with Crippen LogP contribution in [0.1, 0.15) is 43.1 Å². The Morgan fingerprint density at radius 3 is 2.32 bits per heavy atom. The molecule has 138 valence electrons. The van der Waals surface area contributed by atoms with Crippen molar-refractivity contribution in [2.45, 2.75) is 46.2 Å². The first kappa shape index (κ1) is 20.6. The van der Waals surface area contributed by atoms with Crippen LogP contribution in [0, 0.1) is 6.92 Å². The second-order valence-corrected chi connectivity index (χ2v) is 6.10. The minimum atomic E-state index is -0.761. The van der Waals surface area contributed by atoms with Crippen molar-refractivity contribution in [3.05, 3.63) is 29.3 Å². The summed E-state index contributed by atoms with van der Waals surface area (Å²) in [5, 5.41) is 7.97. The van der Waals surface area contributed by atoms with Gasteiger partial charge in [-0.25, -0.2) is 0 Å². The van der Waals surface area contributed by atoms with Crippen LogP contribution in [-0.2, 0) is 14.3 Å². The van der Waals surface area contributed by atoms with Crippen molar-refractivity contribution in [1.29, 1.82) is 0 Å². The topological polar surface area (TPSA) is 96.5 Å². The van der Waals surface area contributed by atoms with Gasteiger partial charge in [0.1, 0.15) is 0 Å². The second-order valence-electron chi connectivity index (χ2n) is 6.10. The first-order chi connectivity index (χ1) is 11.8. The summed E-state index contributed by atoms with van der Waals surface area (Å²) >= 11 is 0. The van der Waals surface area contributed by atoms with Crippen molar-refractivity contribution in [3.8, 4) is 0 Å². The number of hydrogen-bond donors (Lipinski definition) is 3. The highest BCUT2D eigenvalue weighted by Gasteiger charge is 2.17. The largest absolute Gasteiger partial charge is 0.383 e. The zero-order valence-electron chi connectivity index (χ0n) is 15.4. The molecular weight excluding hydrogens is 322 g/mol. The maximum atomic E-state index is 12.1. The Balaban J connectivity index is 2.72. The molecule has 25 heavy (non-hydrogen) atoms. The van der Waals surface area contributed by atoms with E-state index < -0.39 is 11.8 Å². The molecule has 0 fully saturated rings. The summed E-state index contributed by atoms with van der Waals surface area (Å²) in [5.74, 6) is -1.66. The molecule has 0 aliphatic carbocycles. The van der Waals surface area contributed by atoms with E-state index in [4.69, 9.17) is 4.74 Å². The summed E-state index contributed by atoms with van der Waals surface area (Å²) < 4.78 is 4.91. The van der Waals surface area contributed by atoms with Crippen LogP contribution in [0.3, 0.4) is 0 Å². The predicted octanol–water partition coefficient (Wildman–Crippen LogP) is 1.61. The SMILES string of the molecule is CCC(C)NC(=O)c1ccc(NC(=O)C(=O)NC(C)COC)c(C)c1. The molecule has 1 rings (SSSR count). The van der Waals surface area contributed by atoms with E-state index in [0.29, 0.717) is 23.4 Å². The Morgan fingerprint density at radius 2 is 1.76 bits per heavy atom. The number of ether oxygens (including phenoxy) is 1. The number of benzene rings is 1. The molecule has 0 aliphatic heterocycles. The van der Waals surface area contributed by atoms with Gasteiger partial charge in [-0.05, 0) is 51.0 Å². The lowest BCUT2D eigenvalue weighted by Gasteiger charge is -2.14. The van der Waals surface area contributed by atoms with Gasteiger partial charge in [0.15, 0.2) is 0 Å². The summed E-state index contributed by atoms with van der Waals surface area (Å²) in [6.45, 7) is 7.75. The van der Waals surface area contributed by atoms with Gasteiger partial charge in [-0.2, -0.15) is 0 Å². The van der Waals surface area contributed by atoms with Gasteiger partial charge in [-0.3, -0.25) is 14.4 Å². The fourth-order valence-corrected chi connectivity index (χ4v) is 2.11. The summed E-state index contributed by atoms with van der Waals surface area (Å²) in [6, 6.07) is 4.73. The normalized spacial score (nSPS) is 12.8. The fourth-order valence-electron chi connectivity index (χ4n) is 2.11. The predicted molar refractivity (Wildman–Crippen MR) is 96.5 cm³/mol. The summed E-state index contributed by atoms with van der Waals surface area (Å²) in [6.07, 6.45) is 0.843. The van der Waals surface area contributed by atoms with Gasteiger partial charge in [-0.15, -0.1) is 0 Å². The van der Waals surface area contributed by atoms with Crippen molar-refractivity contribution in [2.75, 3.05) is 19.0 Å². The third kappa shape index (κ3) is 6.54. The van der Waals surface area contributed by atoms with Gasteiger partial charge in [0.05, 0.1) is 6.61 Å². The first-order valence-corrected chi connectivity index (χ1v) is 8.30. The minimum Gasteiger partial charge on any atom is -0.383 e. The standard InChI is InChI=1S/C18H27N3O4/c1-6-12(3)19-16(22)14-7-8-15(11(2)9-14)21-18(24)17(23)20-13(4)10-25-5/h7-9,12-13H,6,10H2,1-5H3,(H,19,22)(H,20,23)(H,21,24). The van der Waals surface area contributed by atoms with Crippen LogP contribution >= 0.6 is 0 Å². The molecule has 7 heteroatoms. The lowest BCUT2D eigenvalue weighted by atomic mass is 10.1. The molecule has 1 aromatic carbocycles. The zero-order chi connectivity index (χ0) is 19.0. The first-order valence-electron chi connectivity index (χ1n) is 8.30. The number of aryl methyl sites for hydroxylation is 1. The maximum Gasteiger partial charge on any atom is 0.313 e. The molecule has 0 spiro atoms. The summed E-state index contributed by atoms with van der Waals surface area (Å²) in [7, 11) is 1.52. The number of carbonyl (C=O) groups excluding carboxylic acids is 3. The lowest BCUT2D eigenvalue weighted by Crippen LogP contribution is -2.42. The van der Waals surface area contributed by atoms with Crippen molar-refractivity contribution in [3.63, 3.8) is 0 Å². The van der Waals surface area contributed by atoms with Crippen LogP contribution in [0.5, 0.6) is 0 Å². The summed E-state index contributed by atoms with van der Waals surface area (Å²) in [4.78, 5) is 35.9. The van der Waals surface area contributed by atoms with Crippen LogP contribution in [0.15, 0.2) is 18.2 Å². The van der Waals surface area contributed by atoms with Gasteiger partial charge < -0.3 is 20.7 Å². The van der Waals surface area contributed by atoms with E-state index in [0.717, 1.165) is 6.42 Å². The third-order valence-electron chi connectivity index (χ3n) is 3.73. The molecule has 0 radical (unpaired) electrons. The van der Waals surface area contributed by atoms with E-state index in [1.165, 1.54) is 7.11 Å². The van der Waals surface area contributed by atoms with Gasteiger partial charge in [0.25, 0.3) is 5.91 Å². The number of carbonyl (C=O) groups is 3. The molecule has 2 unspecified atom stereocenters. The number of amides is 3. The molecule has 2 atom stereocenters. The zero-order valence-corrected chi connectivity index (χ0v) is 15.4. The number of rotatable bonds is 7. The highest BCUT2D eigenvalue weighted by molar-refractivity contribution is 6.39. The van der Waals surface area contributed by atoms with Gasteiger partial charge >= 0.3 is 11.8 Å². The van der Waals surface area contributed by atoms with E-state index in [-0.39, 0.29) is 18.0 Å². The van der Waals surface area contributed by atoms with E-state index in [1.807, 2.05) is 13.8 Å². The molecule has 0 bridgehead atoms. The number of hydrogen-bond acceptors (Lipinski definition) is 4. The van der Waals surface area contributed by atoms with Crippen molar-refractivity contribution < 1.29 is 19.1 Å².